The van der Waals surface area contributed by atoms with Crippen LogP contribution in [-0.4, -0.2) is 0 Å². The van der Waals surface area contributed by atoms with Gasteiger partial charge in [-0.2, -0.15) is 0 Å². The molecule has 1 atom stereocenters. The van der Waals surface area contributed by atoms with Gasteiger partial charge in [-0.1, -0.05) is 25.9 Å². The van der Waals surface area contributed by atoms with Gasteiger partial charge in [0.15, 0.2) is 6.20 Å². The molecule has 0 aliphatic heterocycles. The van der Waals surface area contributed by atoms with Crippen molar-refractivity contribution < 1.29 is 14.2 Å². The zero-order chi connectivity index (χ0) is 20.9. The molecule has 0 aliphatic rings. The van der Waals surface area contributed by atoms with Crippen LogP contribution in [0.2, 0.25) is 0 Å². The fourth-order valence-corrected chi connectivity index (χ4v) is 2.55. The van der Waals surface area contributed by atoms with E-state index in [1.807, 2.05) is 19.9 Å². The number of hydrogen-bond donors (Lipinski definition) is 0. The van der Waals surface area contributed by atoms with Crippen molar-refractivity contribution in [2.45, 2.75) is 47.3 Å². The lowest BCUT2D eigenvalue weighted by Gasteiger charge is -2.13. The topological polar surface area (TPSA) is 3.88 Å². The van der Waals surface area contributed by atoms with Crippen molar-refractivity contribution in [1.82, 2.24) is 0 Å². The van der Waals surface area contributed by atoms with Gasteiger partial charge >= 0.3 is 0 Å². The summed E-state index contributed by atoms with van der Waals surface area (Å²) in [6.07, 6.45) is 1.63. The Morgan fingerprint density at radius 3 is 2.50 bits per heavy atom. The minimum atomic E-state index is -2.43. The van der Waals surface area contributed by atoms with Gasteiger partial charge in [-0.15, -0.1) is 0 Å². The van der Waals surface area contributed by atoms with E-state index in [0.29, 0.717) is 11.1 Å². The molecule has 0 N–H and O–H groups in total. The molecule has 0 amide bonds. The molecule has 1 heterocycles. The highest BCUT2D eigenvalue weighted by atomic mass is 14.9. The Morgan fingerprint density at radius 2 is 1.90 bits per heavy atom. The zero-order valence-electron chi connectivity index (χ0n) is 19.8. The van der Waals surface area contributed by atoms with Crippen LogP contribution in [0.3, 0.4) is 0 Å². The van der Waals surface area contributed by atoms with E-state index >= 15 is 0 Å². The maximum absolute atomic E-state index is 8.28. The van der Waals surface area contributed by atoms with Gasteiger partial charge in [0.1, 0.15) is 7.05 Å². The van der Waals surface area contributed by atoms with Crippen LogP contribution in [0.4, 0.5) is 0 Å². The first-order valence-corrected chi connectivity index (χ1v) is 6.71. The molecule has 0 bridgehead atoms. The van der Waals surface area contributed by atoms with E-state index in [4.69, 9.17) is 9.60 Å². The first-order chi connectivity index (χ1) is 12.1. The van der Waals surface area contributed by atoms with Gasteiger partial charge in [0, 0.05) is 26.3 Å². The van der Waals surface area contributed by atoms with Crippen LogP contribution < -0.4 is 4.57 Å². The molecular formula is C19H26N+. The van der Waals surface area contributed by atoms with Crippen molar-refractivity contribution in [3.63, 3.8) is 0 Å². The molecule has 20 heavy (non-hydrogen) atoms. The molecule has 2 aromatic rings. The van der Waals surface area contributed by atoms with Gasteiger partial charge in [-0.3, -0.25) is 0 Å². The van der Waals surface area contributed by atoms with Crippen LogP contribution >= 0.6 is 0 Å². The molecule has 0 aliphatic carbocycles. The second-order valence-electron chi connectivity index (χ2n) is 5.41. The second kappa shape index (κ2) is 5.40. The fraction of sp³-hybridized carbons (Fsp3) is 0.421. The van der Waals surface area contributed by atoms with Gasteiger partial charge in [0.25, 0.3) is 0 Å². The van der Waals surface area contributed by atoms with E-state index in [0.717, 1.165) is 27.9 Å². The molecule has 1 aromatic heterocycles. The van der Waals surface area contributed by atoms with Crippen LogP contribution in [0.5, 0.6) is 0 Å². The molecule has 0 radical (unpaired) electrons. The largest absolute Gasteiger partial charge is 0.215 e. The van der Waals surface area contributed by atoms with Crippen LogP contribution in [0.25, 0.3) is 11.3 Å². The molecular weight excluding hydrogens is 242 g/mol. The second-order valence-corrected chi connectivity index (χ2v) is 5.41. The number of aromatic nitrogens is 1. The summed E-state index contributed by atoms with van der Waals surface area (Å²) < 4.78 is 56.1. The lowest BCUT2D eigenvalue weighted by molar-refractivity contribution is -0.661. The minimum absolute atomic E-state index is 0.321. The summed E-state index contributed by atoms with van der Waals surface area (Å²) in [5.41, 5.74) is 4.95. The predicted octanol–water partition coefficient (Wildman–Crippen LogP) is 4.54. The summed E-state index contributed by atoms with van der Waals surface area (Å²) in [5, 5.41) is 0. The van der Waals surface area contributed by atoms with Crippen LogP contribution in [-0.2, 0) is 7.05 Å². The lowest BCUT2D eigenvalue weighted by Crippen LogP contribution is -2.33. The number of benzene rings is 1. The molecule has 106 valence electrons. The summed E-state index contributed by atoms with van der Waals surface area (Å²) in [4.78, 5) is 0. The Balaban J connectivity index is 2.66. The molecule has 0 spiro atoms. The lowest BCUT2D eigenvalue weighted by atomic mass is 9.93. The average molecular weight is 275 g/mol. The van der Waals surface area contributed by atoms with Crippen molar-refractivity contribution in [3.8, 4) is 11.3 Å². The number of nitrogens with zero attached hydrogens (tertiary/aromatic N) is 1. The monoisotopic (exact) mass is 275 g/mol. The third-order valence-electron chi connectivity index (χ3n) is 3.91. The highest BCUT2D eigenvalue weighted by Gasteiger charge is 2.19. The van der Waals surface area contributed by atoms with Crippen molar-refractivity contribution >= 4 is 0 Å². The number of rotatable bonds is 2. The van der Waals surface area contributed by atoms with E-state index in [2.05, 4.69) is 0 Å². The third kappa shape index (κ3) is 2.49. The Kier molecular flexibility index (Phi) is 2.15. The predicted molar refractivity (Wildman–Crippen MR) is 86.1 cm³/mol. The summed E-state index contributed by atoms with van der Waals surface area (Å²) in [6, 6.07) is 5.23. The summed E-state index contributed by atoms with van der Waals surface area (Å²) >= 11 is 0. The Hall–Kier alpha value is -1.63. The maximum atomic E-state index is 8.28. The Bertz CT molecular complexity index is 877. The number of hydrogen-bond acceptors (Lipinski definition) is 0. The number of aryl methyl sites for hydroxylation is 3. The Morgan fingerprint density at radius 1 is 1.15 bits per heavy atom. The highest BCUT2D eigenvalue weighted by Crippen LogP contribution is 2.28. The van der Waals surface area contributed by atoms with Gasteiger partial charge in [0.2, 0.25) is 5.69 Å². The van der Waals surface area contributed by atoms with Crippen molar-refractivity contribution in [1.29, 1.82) is 0 Å². The van der Waals surface area contributed by atoms with Crippen LogP contribution in [0, 0.1) is 27.6 Å². The van der Waals surface area contributed by atoms with Gasteiger partial charge in [-0.05, 0) is 56.3 Å². The molecule has 1 nitrogen and oxygen atoms in total. The van der Waals surface area contributed by atoms with E-state index in [-0.39, 0.29) is 0 Å². The summed E-state index contributed by atoms with van der Waals surface area (Å²) in [5.74, 6) is -1.70. The van der Waals surface area contributed by atoms with E-state index in [1.54, 1.807) is 36.9 Å². The summed E-state index contributed by atoms with van der Waals surface area (Å²) in [7, 11) is 1.81. The van der Waals surface area contributed by atoms with Crippen LogP contribution in [0.1, 0.15) is 57.1 Å². The fourth-order valence-electron chi connectivity index (χ4n) is 2.55. The molecule has 1 aromatic carbocycles. The van der Waals surface area contributed by atoms with Gasteiger partial charge in [-0.25, -0.2) is 4.57 Å². The standard InChI is InChI=1S/C19H26N/c1-12(2)17-8-9-18(13(3)10-17)19-16(6)15(5)14(4)11-20(19)7/h8-12H,1-7H3/q+1/i1D3,4D3,12D. The van der Waals surface area contributed by atoms with Gasteiger partial charge < -0.3 is 0 Å². The first-order valence-electron chi connectivity index (χ1n) is 10.2. The summed E-state index contributed by atoms with van der Waals surface area (Å²) in [6.45, 7) is 2.36. The quantitative estimate of drug-likeness (QED) is 0.709. The van der Waals surface area contributed by atoms with Gasteiger partial charge in [0.05, 0.1) is 0 Å². The van der Waals surface area contributed by atoms with Crippen LogP contribution in [0.15, 0.2) is 24.4 Å². The first kappa shape index (κ1) is 7.97. The smallest absolute Gasteiger partial charge is 0.201 e. The van der Waals surface area contributed by atoms with E-state index < -0.39 is 19.6 Å². The SMILES string of the molecule is [2H]C([2H])([2H])c1c[n+](C)c(-c2ccc(C([2H])(C)C([2H])([2H])[2H])cc2C)c(C)c1C. The number of pyridine rings is 1. The maximum Gasteiger partial charge on any atom is 0.215 e. The van der Waals surface area contributed by atoms with E-state index in [9.17, 15) is 0 Å². The average Bonchev–Trinajstić information content (AvgIpc) is 2.50. The van der Waals surface area contributed by atoms with Crippen molar-refractivity contribution in [3.05, 3.63) is 52.2 Å². The molecule has 1 heteroatoms. The Labute approximate surface area is 133 Å². The van der Waals surface area contributed by atoms with E-state index in [1.165, 1.54) is 6.92 Å². The normalized spacial score (nSPS) is 20.6. The molecule has 0 saturated carbocycles. The minimum Gasteiger partial charge on any atom is -0.201 e. The zero-order valence-corrected chi connectivity index (χ0v) is 12.8. The molecule has 0 fully saturated rings. The highest BCUT2D eigenvalue weighted by molar-refractivity contribution is 5.66. The van der Waals surface area contributed by atoms with Crippen molar-refractivity contribution in [2.24, 2.45) is 7.05 Å². The van der Waals surface area contributed by atoms with Crippen molar-refractivity contribution in [2.75, 3.05) is 0 Å². The molecule has 1 unspecified atom stereocenters. The molecule has 0 saturated heterocycles. The molecule has 2 rings (SSSR count). The third-order valence-corrected chi connectivity index (χ3v) is 3.91.